The van der Waals surface area contributed by atoms with Crippen molar-refractivity contribution in [1.29, 1.82) is 0 Å². The minimum atomic E-state index is -4.64. The lowest BCUT2D eigenvalue weighted by Crippen LogP contribution is -2.33. The van der Waals surface area contributed by atoms with Gasteiger partial charge >= 0.3 is 6.18 Å². The second kappa shape index (κ2) is 6.59. The van der Waals surface area contributed by atoms with Crippen LogP contribution in [0.5, 0.6) is 0 Å². The quantitative estimate of drug-likeness (QED) is 0.907. The van der Waals surface area contributed by atoms with Crippen molar-refractivity contribution in [2.75, 3.05) is 17.5 Å². The maximum absolute atomic E-state index is 12.8. The van der Waals surface area contributed by atoms with Crippen molar-refractivity contribution in [3.8, 4) is 0 Å². The molecule has 2 rings (SSSR count). The first-order chi connectivity index (χ1) is 10.8. The number of rotatable bonds is 5. The van der Waals surface area contributed by atoms with Gasteiger partial charge in [-0.15, -0.1) is 0 Å². The Labute approximate surface area is 131 Å². The topological polar surface area (TPSA) is 57.6 Å². The highest BCUT2D eigenvalue weighted by Crippen LogP contribution is 2.32. The van der Waals surface area contributed by atoms with E-state index in [1.807, 2.05) is 0 Å². The van der Waals surface area contributed by atoms with Gasteiger partial charge in [0.2, 0.25) is 0 Å². The van der Waals surface area contributed by atoms with E-state index in [0.29, 0.717) is 6.07 Å². The number of aliphatic hydroxyl groups is 1. The first-order valence-electron chi connectivity index (χ1n) is 6.63. The number of hydrogen-bond donors (Lipinski definition) is 1. The van der Waals surface area contributed by atoms with Crippen LogP contribution in [0.4, 0.5) is 18.9 Å². The molecule has 0 amide bonds. The van der Waals surface area contributed by atoms with Crippen LogP contribution in [0, 0.1) is 0 Å². The summed E-state index contributed by atoms with van der Waals surface area (Å²) in [5, 5.41) is 9.11. The molecule has 2 aromatic carbocycles. The van der Waals surface area contributed by atoms with E-state index in [1.165, 1.54) is 12.1 Å². The van der Waals surface area contributed by atoms with Crippen LogP contribution in [0.2, 0.25) is 0 Å². The average molecular weight is 345 g/mol. The number of para-hydroxylation sites is 1. The lowest BCUT2D eigenvalue weighted by molar-refractivity contribution is -0.137. The van der Waals surface area contributed by atoms with Gasteiger partial charge in [0.25, 0.3) is 10.0 Å². The normalized spacial score (nSPS) is 12.2. The average Bonchev–Trinajstić information content (AvgIpc) is 2.52. The first kappa shape index (κ1) is 17.3. The number of aliphatic hydroxyl groups excluding tert-OH is 1. The van der Waals surface area contributed by atoms with Crippen LogP contribution in [0.1, 0.15) is 5.56 Å². The third-order valence-electron chi connectivity index (χ3n) is 3.10. The fourth-order valence-corrected chi connectivity index (χ4v) is 3.54. The standard InChI is InChI=1S/C15H14F3NO3S/c16-15(17,18)12-5-4-8-14(11-12)23(21,22)19(9-10-20)13-6-2-1-3-7-13/h1-8,11,20H,9-10H2. The number of alkyl halides is 3. The van der Waals surface area contributed by atoms with Gasteiger partial charge in [-0.05, 0) is 30.3 Å². The van der Waals surface area contributed by atoms with Crippen LogP contribution in [0.15, 0.2) is 59.5 Å². The van der Waals surface area contributed by atoms with Crippen LogP contribution in [0.25, 0.3) is 0 Å². The van der Waals surface area contributed by atoms with E-state index < -0.39 is 33.3 Å². The first-order valence-corrected chi connectivity index (χ1v) is 8.07. The third-order valence-corrected chi connectivity index (χ3v) is 4.92. The van der Waals surface area contributed by atoms with E-state index in [-0.39, 0.29) is 12.2 Å². The molecule has 0 radical (unpaired) electrons. The van der Waals surface area contributed by atoms with E-state index in [0.717, 1.165) is 22.5 Å². The molecule has 1 N–H and O–H groups in total. The lowest BCUT2D eigenvalue weighted by Gasteiger charge is -2.24. The number of benzene rings is 2. The highest BCUT2D eigenvalue weighted by Gasteiger charge is 2.33. The molecule has 0 saturated carbocycles. The smallest absolute Gasteiger partial charge is 0.394 e. The monoisotopic (exact) mass is 345 g/mol. The largest absolute Gasteiger partial charge is 0.416 e. The van der Waals surface area contributed by atoms with Gasteiger partial charge < -0.3 is 5.11 Å². The predicted molar refractivity (Wildman–Crippen MR) is 79.5 cm³/mol. The summed E-state index contributed by atoms with van der Waals surface area (Å²) in [6.45, 7) is -0.727. The van der Waals surface area contributed by atoms with Gasteiger partial charge in [-0.25, -0.2) is 8.42 Å². The van der Waals surface area contributed by atoms with E-state index in [2.05, 4.69) is 0 Å². The van der Waals surface area contributed by atoms with Crippen LogP contribution in [-0.2, 0) is 16.2 Å². The van der Waals surface area contributed by atoms with Crippen molar-refractivity contribution in [3.63, 3.8) is 0 Å². The summed E-state index contributed by atoms with van der Waals surface area (Å²) < 4.78 is 64.5. The van der Waals surface area contributed by atoms with Crippen molar-refractivity contribution >= 4 is 15.7 Å². The van der Waals surface area contributed by atoms with Gasteiger partial charge in [-0.2, -0.15) is 13.2 Å². The molecular formula is C15H14F3NO3S. The van der Waals surface area contributed by atoms with Gasteiger partial charge in [0.1, 0.15) is 0 Å². The van der Waals surface area contributed by atoms with E-state index in [4.69, 9.17) is 5.11 Å². The van der Waals surface area contributed by atoms with Crippen LogP contribution < -0.4 is 4.31 Å². The Bertz CT molecular complexity index is 761. The Morgan fingerprint density at radius 1 is 1.00 bits per heavy atom. The van der Waals surface area contributed by atoms with Gasteiger partial charge in [-0.1, -0.05) is 24.3 Å². The molecule has 0 saturated heterocycles. The van der Waals surface area contributed by atoms with Gasteiger partial charge in [0.15, 0.2) is 0 Å². The Kier molecular flexibility index (Phi) is 4.96. The maximum Gasteiger partial charge on any atom is 0.416 e. The minimum absolute atomic E-state index is 0.261. The summed E-state index contributed by atoms with van der Waals surface area (Å²) in [5.74, 6) is 0. The summed E-state index contributed by atoms with van der Waals surface area (Å²) in [4.78, 5) is -0.482. The molecule has 0 unspecified atom stereocenters. The number of sulfonamides is 1. The fraction of sp³-hybridized carbons (Fsp3) is 0.200. The molecule has 124 valence electrons. The molecule has 0 fully saturated rings. The Balaban J connectivity index is 2.51. The molecule has 0 aliphatic carbocycles. The Morgan fingerprint density at radius 2 is 1.65 bits per heavy atom. The van der Waals surface area contributed by atoms with Crippen molar-refractivity contribution in [2.45, 2.75) is 11.1 Å². The third kappa shape index (κ3) is 3.83. The summed E-state index contributed by atoms with van der Waals surface area (Å²) in [6, 6.07) is 11.4. The van der Waals surface area contributed by atoms with Crippen LogP contribution in [-0.4, -0.2) is 26.7 Å². The molecule has 2 aromatic rings. The summed E-state index contributed by atoms with van der Waals surface area (Å²) >= 11 is 0. The lowest BCUT2D eigenvalue weighted by atomic mass is 10.2. The van der Waals surface area contributed by atoms with Crippen molar-refractivity contribution in [1.82, 2.24) is 0 Å². The number of halogens is 3. The molecule has 0 spiro atoms. The number of nitrogens with zero attached hydrogens (tertiary/aromatic N) is 1. The second-order valence-corrected chi connectivity index (χ2v) is 6.52. The summed E-state index contributed by atoms with van der Waals surface area (Å²) in [6.07, 6.45) is -4.64. The van der Waals surface area contributed by atoms with Gasteiger partial charge in [0, 0.05) is 0 Å². The van der Waals surface area contributed by atoms with Crippen molar-refractivity contribution in [2.24, 2.45) is 0 Å². The molecule has 0 aliphatic heterocycles. The maximum atomic E-state index is 12.8. The van der Waals surface area contributed by atoms with E-state index >= 15 is 0 Å². The highest BCUT2D eigenvalue weighted by atomic mass is 32.2. The second-order valence-electron chi connectivity index (χ2n) is 4.66. The molecule has 0 aliphatic rings. The molecule has 0 atom stereocenters. The summed E-state index contributed by atoms with van der Waals surface area (Å²) in [5.41, 5.74) is -0.783. The van der Waals surface area contributed by atoms with E-state index in [1.54, 1.807) is 18.2 Å². The number of hydrogen-bond acceptors (Lipinski definition) is 3. The van der Waals surface area contributed by atoms with Crippen LogP contribution >= 0.6 is 0 Å². The van der Waals surface area contributed by atoms with Crippen LogP contribution in [0.3, 0.4) is 0 Å². The Hall–Kier alpha value is -2.06. The zero-order valence-electron chi connectivity index (χ0n) is 11.9. The van der Waals surface area contributed by atoms with Crippen molar-refractivity contribution in [3.05, 3.63) is 60.2 Å². The minimum Gasteiger partial charge on any atom is -0.394 e. The molecule has 8 heteroatoms. The molecule has 0 heterocycles. The highest BCUT2D eigenvalue weighted by molar-refractivity contribution is 7.92. The Morgan fingerprint density at radius 3 is 2.22 bits per heavy atom. The molecular weight excluding hydrogens is 331 g/mol. The fourth-order valence-electron chi connectivity index (χ4n) is 2.03. The predicted octanol–water partition coefficient (Wildman–Crippen LogP) is 2.89. The number of anilines is 1. The molecule has 23 heavy (non-hydrogen) atoms. The van der Waals surface area contributed by atoms with E-state index in [9.17, 15) is 21.6 Å². The zero-order valence-corrected chi connectivity index (χ0v) is 12.7. The SMILES string of the molecule is O=S(=O)(c1cccc(C(F)(F)F)c1)N(CCO)c1ccccc1. The zero-order chi connectivity index (χ0) is 17.1. The summed E-state index contributed by atoms with van der Waals surface area (Å²) in [7, 11) is -4.23. The van der Waals surface area contributed by atoms with Gasteiger partial charge in [-0.3, -0.25) is 4.31 Å². The van der Waals surface area contributed by atoms with Gasteiger partial charge in [0.05, 0.1) is 29.3 Å². The molecule has 4 nitrogen and oxygen atoms in total. The van der Waals surface area contributed by atoms with Crippen molar-refractivity contribution < 1.29 is 26.7 Å². The molecule has 0 aromatic heterocycles. The molecule has 0 bridgehead atoms.